The molecule has 0 bridgehead atoms. The summed E-state index contributed by atoms with van der Waals surface area (Å²) in [6.07, 6.45) is 1.00. The van der Waals surface area contributed by atoms with Crippen LogP contribution in [0.2, 0.25) is 0 Å². The number of ether oxygens (including phenoxy) is 1. The summed E-state index contributed by atoms with van der Waals surface area (Å²) in [4.78, 5) is 11.3. The zero-order valence-electron chi connectivity index (χ0n) is 10.3. The minimum atomic E-state index is 0.0238. The van der Waals surface area contributed by atoms with Gasteiger partial charge in [-0.25, -0.2) is 0 Å². The molecule has 4 nitrogen and oxygen atoms in total. The molecule has 2 rings (SSSR count). The molecule has 5 heteroatoms. The standard InChI is InChI=1S/C13H17BrN2O2/c1-2-16-13(17)8-15-7-11-6-9-5-10(14)3-4-12(9)18-11/h3-5,11,15H,2,6-8H2,1H3,(H,16,17). The second kappa shape index (κ2) is 6.20. The summed E-state index contributed by atoms with van der Waals surface area (Å²) in [7, 11) is 0. The summed E-state index contributed by atoms with van der Waals surface area (Å²) < 4.78 is 6.86. The van der Waals surface area contributed by atoms with Crippen LogP contribution in [0.15, 0.2) is 22.7 Å². The van der Waals surface area contributed by atoms with Gasteiger partial charge in [0.15, 0.2) is 0 Å². The number of fused-ring (bicyclic) bond motifs is 1. The third kappa shape index (κ3) is 3.46. The van der Waals surface area contributed by atoms with Crippen molar-refractivity contribution in [1.82, 2.24) is 10.6 Å². The van der Waals surface area contributed by atoms with Crippen molar-refractivity contribution in [3.63, 3.8) is 0 Å². The summed E-state index contributed by atoms with van der Waals surface area (Å²) in [5, 5.41) is 5.86. The van der Waals surface area contributed by atoms with Crippen molar-refractivity contribution in [2.45, 2.75) is 19.4 Å². The van der Waals surface area contributed by atoms with Gasteiger partial charge in [0.25, 0.3) is 0 Å². The van der Waals surface area contributed by atoms with Crippen LogP contribution in [0, 0.1) is 0 Å². The number of hydrogen-bond acceptors (Lipinski definition) is 3. The Hall–Kier alpha value is -1.07. The molecule has 0 aliphatic carbocycles. The van der Waals surface area contributed by atoms with Gasteiger partial charge in [0.2, 0.25) is 5.91 Å². The summed E-state index contributed by atoms with van der Waals surface area (Å²) in [5.41, 5.74) is 1.22. The molecule has 1 aromatic rings. The second-order valence-electron chi connectivity index (χ2n) is 4.28. The number of halogens is 1. The normalized spacial score (nSPS) is 17.1. The predicted octanol–water partition coefficient (Wildman–Crippen LogP) is 1.48. The highest BCUT2D eigenvalue weighted by atomic mass is 79.9. The van der Waals surface area contributed by atoms with Crippen molar-refractivity contribution < 1.29 is 9.53 Å². The topological polar surface area (TPSA) is 50.4 Å². The SMILES string of the molecule is CCNC(=O)CNCC1Cc2cc(Br)ccc2O1. The van der Waals surface area contributed by atoms with E-state index in [1.165, 1.54) is 5.56 Å². The summed E-state index contributed by atoms with van der Waals surface area (Å²) in [6.45, 7) is 3.60. The smallest absolute Gasteiger partial charge is 0.233 e. The van der Waals surface area contributed by atoms with Crippen molar-refractivity contribution in [1.29, 1.82) is 0 Å². The minimum Gasteiger partial charge on any atom is -0.488 e. The number of benzene rings is 1. The molecule has 1 atom stereocenters. The highest BCUT2D eigenvalue weighted by Crippen LogP contribution is 2.30. The Kier molecular flexibility index (Phi) is 4.60. The Bertz CT molecular complexity index is 437. The van der Waals surface area contributed by atoms with Crippen LogP contribution < -0.4 is 15.4 Å². The molecule has 18 heavy (non-hydrogen) atoms. The molecule has 98 valence electrons. The van der Waals surface area contributed by atoms with Gasteiger partial charge in [0.05, 0.1) is 6.54 Å². The molecule has 0 spiro atoms. The van der Waals surface area contributed by atoms with E-state index in [1.54, 1.807) is 0 Å². The molecule has 1 amide bonds. The Labute approximate surface area is 115 Å². The zero-order chi connectivity index (χ0) is 13.0. The van der Waals surface area contributed by atoms with Crippen molar-refractivity contribution in [2.75, 3.05) is 19.6 Å². The van der Waals surface area contributed by atoms with Gasteiger partial charge < -0.3 is 15.4 Å². The second-order valence-corrected chi connectivity index (χ2v) is 5.20. The highest BCUT2D eigenvalue weighted by Gasteiger charge is 2.22. The van der Waals surface area contributed by atoms with E-state index in [0.717, 1.165) is 16.6 Å². The van der Waals surface area contributed by atoms with Crippen LogP contribution in [0.4, 0.5) is 0 Å². The van der Waals surface area contributed by atoms with E-state index in [4.69, 9.17) is 4.74 Å². The van der Waals surface area contributed by atoms with Gasteiger partial charge in [-0.1, -0.05) is 15.9 Å². The highest BCUT2D eigenvalue weighted by molar-refractivity contribution is 9.10. The maximum absolute atomic E-state index is 11.3. The lowest BCUT2D eigenvalue weighted by Gasteiger charge is -2.11. The van der Waals surface area contributed by atoms with E-state index in [1.807, 2.05) is 19.1 Å². The van der Waals surface area contributed by atoms with Gasteiger partial charge in [-0.05, 0) is 30.7 Å². The Morgan fingerprint density at radius 3 is 3.17 bits per heavy atom. The molecule has 1 unspecified atom stereocenters. The number of nitrogens with one attached hydrogen (secondary N) is 2. The maximum Gasteiger partial charge on any atom is 0.233 e. The largest absolute Gasteiger partial charge is 0.488 e. The van der Waals surface area contributed by atoms with Crippen LogP contribution in [0.25, 0.3) is 0 Å². The molecule has 1 heterocycles. The predicted molar refractivity (Wildman–Crippen MR) is 73.8 cm³/mol. The van der Waals surface area contributed by atoms with E-state index in [-0.39, 0.29) is 12.0 Å². The van der Waals surface area contributed by atoms with Gasteiger partial charge >= 0.3 is 0 Å². The van der Waals surface area contributed by atoms with Gasteiger partial charge in [-0.3, -0.25) is 4.79 Å². The maximum atomic E-state index is 11.3. The number of hydrogen-bond donors (Lipinski definition) is 2. The third-order valence-corrected chi connectivity index (χ3v) is 3.29. The van der Waals surface area contributed by atoms with Gasteiger partial charge in [0.1, 0.15) is 11.9 Å². The van der Waals surface area contributed by atoms with Crippen LogP contribution in [0.5, 0.6) is 5.75 Å². The van der Waals surface area contributed by atoms with E-state index in [9.17, 15) is 4.79 Å². The molecule has 0 fully saturated rings. The fraction of sp³-hybridized carbons (Fsp3) is 0.462. The number of likely N-dealkylation sites (N-methyl/N-ethyl adjacent to an activating group) is 1. The first-order valence-electron chi connectivity index (χ1n) is 6.11. The van der Waals surface area contributed by atoms with Crippen LogP contribution in [0.3, 0.4) is 0 Å². The first-order chi connectivity index (χ1) is 8.69. The van der Waals surface area contributed by atoms with Crippen LogP contribution in [-0.4, -0.2) is 31.6 Å². The molecule has 0 aromatic heterocycles. The van der Waals surface area contributed by atoms with Crippen molar-refractivity contribution in [3.05, 3.63) is 28.2 Å². The van der Waals surface area contributed by atoms with E-state index in [0.29, 0.717) is 19.6 Å². The fourth-order valence-corrected chi connectivity index (χ4v) is 2.42. The minimum absolute atomic E-state index is 0.0238. The fourth-order valence-electron chi connectivity index (χ4n) is 2.01. The molecular weight excluding hydrogens is 296 g/mol. The molecule has 0 saturated carbocycles. The van der Waals surface area contributed by atoms with Gasteiger partial charge in [0, 0.05) is 24.0 Å². The third-order valence-electron chi connectivity index (χ3n) is 2.80. The molecule has 1 aliphatic rings. The van der Waals surface area contributed by atoms with Crippen molar-refractivity contribution in [2.24, 2.45) is 0 Å². The lowest BCUT2D eigenvalue weighted by Crippen LogP contribution is -2.38. The number of rotatable bonds is 5. The molecule has 0 radical (unpaired) electrons. The molecule has 1 aromatic carbocycles. The monoisotopic (exact) mass is 312 g/mol. The van der Waals surface area contributed by atoms with Gasteiger partial charge in [-0.15, -0.1) is 0 Å². The van der Waals surface area contributed by atoms with Crippen molar-refractivity contribution in [3.8, 4) is 5.75 Å². The quantitative estimate of drug-likeness (QED) is 0.866. The Morgan fingerprint density at radius 2 is 2.39 bits per heavy atom. The van der Waals surface area contributed by atoms with Gasteiger partial charge in [-0.2, -0.15) is 0 Å². The first kappa shape index (κ1) is 13.4. The molecular formula is C13H17BrN2O2. The number of carbonyl (C=O) groups is 1. The van der Waals surface area contributed by atoms with Crippen LogP contribution in [0.1, 0.15) is 12.5 Å². The number of amides is 1. The van der Waals surface area contributed by atoms with Crippen LogP contribution >= 0.6 is 15.9 Å². The zero-order valence-corrected chi connectivity index (χ0v) is 11.9. The summed E-state index contributed by atoms with van der Waals surface area (Å²) >= 11 is 3.45. The molecule has 2 N–H and O–H groups in total. The van der Waals surface area contributed by atoms with Crippen molar-refractivity contribution >= 4 is 21.8 Å². The average molecular weight is 313 g/mol. The Morgan fingerprint density at radius 1 is 1.56 bits per heavy atom. The summed E-state index contributed by atoms with van der Waals surface area (Å²) in [5.74, 6) is 0.971. The molecule has 1 aliphatic heterocycles. The van der Waals surface area contributed by atoms with E-state index in [2.05, 4.69) is 32.6 Å². The first-order valence-corrected chi connectivity index (χ1v) is 6.91. The molecule has 0 saturated heterocycles. The van der Waals surface area contributed by atoms with E-state index >= 15 is 0 Å². The average Bonchev–Trinajstić information content (AvgIpc) is 2.71. The van der Waals surface area contributed by atoms with Crippen LogP contribution in [-0.2, 0) is 11.2 Å². The Balaban J connectivity index is 1.76. The lowest BCUT2D eigenvalue weighted by atomic mass is 10.1. The summed E-state index contributed by atoms with van der Waals surface area (Å²) in [6, 6.07) is 6.03. The van der Waals surface area contributed by atoms with E-state index < -0.39 is 0 Å². The number of carbonyl (C=O) groups excluding carboxylic acids is 1. The lowest BCUT2D eigenvalue weighted by molar-refractivity contribution is -0.120.